The van der Waals surface area contributed by atoms with Crippen LogP contribution >= 0.6 is 34.5 Å². The van der Waals surface area contributed by atoms with Crippen molar-refractivity contribution < 1.29 is 0 Å². The Hall–Kier alpha value is -0.580. The van der Waals surface area contributed by atoms with Crippen molar-refractivity contribution >= 4 is 34.5 Å². The van der Waals surface area contributed by atoms with Crippen LogP contribution in [0.1, 0.15) is 22.0 Å². The van der Waals surface area contributed by atoms with Crippen molar-refractivity contribution in [1.82, 2.24) is 4.90 Å². The Labute approximate surface area is 133 Å². The topological polar surface area (TPSA) is 29.3 Å². The monoisotopic (exact) mass is 326 g/mol. The first-order valence-electron chi connectivity index (χ1n) is 6.62. The minimum Gasteiger partial charge on any atom is -0.329 e. The minimum atomic E-state index is 0.166. The Bertz CT molecular complexity index is 591. The van der Waals surface area contributed by atoms with Gasteiger partial charge in [-0.2, -0.15) is 0 Å². The van der Waals surface area contributed by atoms with Gasteiger partial charge in [-0.25, -0.2) is 0 Å². The molecular formula is C15H16Cl2N2S. The van der Waals surface area contributed by atoms with E-state index in [-0.39, 0.29) is 6.04 Å². The highest BCUT2D eigenvalue weighted by Crippen LogP contribution is 2.32. The van der Waals surface area contributed by atoms with Crippen LogP contribution in [0.3, 0.4) is 0 Å². The Morgan fingerprint density at radius 1 is 1.25 bits per heavy atom. The number of hydrogen-bond acceptors (Lipinski definition) is 3. The molecular weight excluding hydrogens is 311 g/mol. The molecule has 2 aromatic rings. The van der Waals surface area contributed by atoms with Gasteiger partial charge in [0.15, 0.2) is 0 Å². The van der Waals surface area contributed by atoms with Gasteiger partial charge < -0.3 is 5.73 Å². The van der Waals surface area contributed by atoms with Crippen molar-refractivity contribution in [2.24, 2.45) is 5.73 Å². The minimum absolute atomic E-state index is 0.166. The molecule has 1 aliphatic heterocycles. The Kier molecular flexibility index (Phi) is 4.34. The molecule has 0 fully saturated rings. The molecule has 0 saturated carbocycles. The normalized spacial score (nSPS) is 16.9. The Morgan fingerprint density at radius 2 is 2.00 bits per heavy atom. The van der Waals surface area contributed by atoms with E-state index in [2.05, 4.69) is 16.3 Å². The molecule has 1 unspecified atom stereocenters. The molecule has 0 bridgehead atoms. The summed E-state index contributed by atoms with van der Waals surface area (Å²) >= 11 is 14.1. The molecule has 1 aliphatic rings. The third-order valence-electron chi connectivity index (χ3n) is 3.77. The highest BCUT2D eigenvalue weighted by atomic mass is 35.5. The van der Waals surface area contributed by atoms with Gasteiger partial charge in [0.05, 0.1) is 0 Å². The van der Waals surface area contributed by atoms with E-state index >= 15 is 0 Å². The maximum Gasteiger partial charge on any atom is 0.0475 e. The van der Waals surface area contributed by atoms with E-state index in [1.54, 1.807) is 6.07 Å². The van der Waals surface area contributed by atoms with Crippen LogP contribution in [-0.2, 0) is 13.0 Å². The van der Waals surface area contributed by atoms with Crippen molar-refractivity contribution in [3.05, 3.63) is 55.7 Å². The predicted octanol–water partition coefficient (Wildman–Crippen LogP) is 4.11. The fraction of sp³-hybridized carbons (Fsp3) is 0.333. The van der Waals surface area contributed by atoms with E-state index in [1.165, 1.54) is 10.4 Å². The number of rotatable bonds is 3. The van der Waals surface area contributed by atoms with Crippen LogP contribution in [0.25, 0.3) is 0 Å². The Morgan fingerprint density at radius 3 is 2.70 bits per heavy atom. The summed E-state index contributed by atoms with van der Waals surface area (Å²) in [5, 5.41) is 3.50. The summed E-state index contributed by atoms with van der Waals surface area (Å²) in [6.45, 7) is 2.54. The second-order valence-electron chi connectivity index (χ2n) is 5.04. The molecule has 1 aromatic carbocycles. The molecule has 2 heterocycles. The summed E-state index contributed by atoms with van der Waals surface area (Å²) in [6.07, 6.45) is 1.10. The summed E-state index contributed by atoms with van der Waals surface area (Å²) in [5.41, 5.74) is 8.53. The van der Waals surface area contributed by atoms with Crippen molar-refractivity contribution in [3.63, 3.8) is 0 Å². The highest BCUT2D eigenvalue weighted by Gasteiger charge is 2.24. The van der Waals surface area contributed by atoms with Crippen LogP contribution < -0.4 is 5.73 Å². The fourth-order valence-corrected chi connectivity index (χ4v) is 4.23. The zero-order valence-corrected chi connectivity index (χ0v) is 13.3. The lowest BCUT2D eigenvalue weighted by molar-refractivity contribution is 0.185. The van der Waals surface area contributed by atoms with Crippen LogP contribution in [-0.4, -0.2) is 18.0 Å². The van der Waals surface area contributed by atoms with Crippen molar-refractivity contribution in [2.45, 2.75) is 19.0 Å². The lowest BCUT2D eigenvalue weighted by Crippen LogP contribution is -2.37. The molecule has 0 radical (unpaired) electrons. The molecule has 1 atom stereocenters. The predicted molar refractivity (Wildman–Crippen MR) is 86.7 cm³/mol. The van der Waals surface area contributed by atoms with Gasteiger partial charge >= 0.3 is 0 Å². The Balaban J connectivity index is 1.87. The van der Waals surface area contributed by atoms with E-state index < -0.39 is 0 Å². The lowest BCUT2D eigenvalue weighted by atomic mass is 10.0. The third kappa shape index (κ3) is 2.87. The number of halogens is 2. The summed E-state index contributed by atoms with van der Waals surface area (Å²) in [7, 11) is 0. The molecule has 2 N–H and O–H groups in total. The second kappa shape index (κ2) is 6.04. The lowest BCUT2D eigenvalue weighted by Gasteiger charge is -2.34. The molecule has 0 amide bonds. The first-order chi connectivity index (χ1) is 9.67. The average Bonchev–Trinajstić information content (AvgIpc) is 2.86. The van der Waals surface area contributed by atoms with E-state index in [1.807, 2.05) is 23.5 Å². The van der Waals surface area contributed by atoms with Crippen LogP contribution in [0, 0.1) is 0 Å². The quantitative estimate of drug-likeness (QED) is 0.919. The van der Waals surface area contributed by atoms with Gasteiger partial charge in [-0.15, -0.1) is 11.3 Å². The zero-order valence-electron chi connectivity index (χ0n) is 11.0. The van der Waals surface area contributed by atoms with E-state index in [4.69, 9.17) is 28.9 Å². The van der Waals surface area contributed by atoms with E-state index in [0.29, 0.717) is 16.6 Å². The van der Waals surface area contributed by atoms with E-state index in [9.17, 15) is 0 Å². The summed E-state index contributed by atoms with van der Waals surface area (Å²) in [5.74, 6) is 0. The smallest absolute Gasteiger partial charge is 0.0475 e. The number of nitrogens with zero attached hydrogens (tertiary/aromatic N) is 1. The van der Waals surface area contributed by atoms with Gasteiger partial charge in [-0.1, -0.05) is 23.2 Å². The maximum absolute atomic E-state index is 6.11. The van der Waals surface area contributed by atoms with Crippen LogP contribution in [0.15, 0.2) is 29.6 Å². The first-order valence-corrected chi connectivity index (χ1v) is 8.26. The van der Waals surface area contributed by atoms with Crippen molar-refractivity contribution in [1.29, 1.82) is 0 Å². The molecule has 2 nitrogen and oxygen atoms in total. The van der Waals surface area contributed by atoms with Crippen molar-refractivity contribution in [3.8, 4) is 0 Å². The summed E-state index contributed by atoms with van der Waals surface area (Å²) in [6, 6.07) is 8.07. The molecule has 0 spiro atoms. The van der Waals surface area contributed by atoms with Gasteiger partial charge in [0.25, 0.3) is 0 Å². The molecule has 5 heteroatoms. The zero-order chi connectivity index (χ0) is 14.1. The van der Waals surface area contributed by atoms with Crippen LogP contribution in [0.5, 0.6) is 0 Å². The highest BCUT2D eigenvalue weighted by molar-refractivity contribution is 7.10. The van der Waals surface area contributed by atoms with Gasteiger partial charge in [0.1, 0.15) is 0 Å². The number of nitrogens with two attached hydrogens (primary N) is 1. The molecule has 106 valence electrons. The maximum atomic E-state index is 6.11. The van der Waals surface area contributed by atoms with E-state index in [0.717, 1.165) is 25.1 Å². The van der Waals surface area contributed by atoms with Crippen molar-refractivity contribution in [2.75, 3.05) is 13.1 Å². The molecule has 0 saturated heterocycles. The summed E-state index contributed by atoms with van der Waals surface area (Å²) in [4.78, 5) is 3.91. The molecule has 20 heavy (non-hydrogen) atoms. The number of benzene rings is 1. The fourth-order valence-electron chi connectivity index (χ4n) is 2.80. The SMILES string of the molecule is NCC(c1cc(Cl)cc(Cl)c1)N1CCc2sccc2C1. The molecule has 0 aliphatic carbocycles. The van der Waals surface area contributed by atoms with Gasteiger partial charge in [-0.05, 0) is 47.2 Å². The van der Waals surface area contributed by atoms with Crippen LogP contribution in [0.4, 0.5) is 0 Å². The number of thiophene rings is 1. The number of fused-ring (bicyclic) bond motifs is 1. The molecule has 1 aromatic heterocycles. The van der Waals surface area contributed by atoms with Gasteiger partial charge in [0.2, 0.25) is 0 Å². The first kappa shape index (κ1) is 14.4. The second-order valence-corrected chi connectivity index (χ2v) is 6.92. The van der Waals surface area contributed by atoms with Crippen LogP contribution in [0.2, 0.25) is 10.0 Å². The standard InChI is InChI=1S/C15H16Cl2N2S/c16-12-5-11(6-13(17)7-12)14(8-18)19-3-1-15-10(9-19)2-4-20-15/h2,4-7,14H,1,3,8-9,18H2. The number of hydrogen-bond donors (Lipinski definition) is 1. The molecule has 3 rings (SSSR count). The largest absolute Gasteiger partial charge is 0.329 e. The van der Waals surface area contributed by atoms with Gasteiger partial charge in [0, 0.05) is 40.6 Å². The third-order valence-corrected chi connectivity index (χ3v) is 5.23. The average molecular weight is 327 g/mol. The van der Waals surface area contributed by atoms with Gasteiger partial charge in [-0.3, -0.25) is 4.90 Å². The summed E-state index contributed by atoms with van der Waals surface area (Å²) < 4.78 is 0.